The van der Waals surface area contributed by atoms with Crippen LogP contribution in [0.1, 0.15) is 20.3 Å². The van der Waals surface area contributed by atoms with Gasteiger partial charge >= 0.3 is 0 Å². The molecule has 0 bridgehead atoms. The van der Waals surface area contributed by atoms with Gasteiger partial charge in [-0.2, -0.15) is 0 Å². The third-order valence-electron chi connectivity index (χ3n) is 2.70. The van der Waals surface area contributed by atoms with Crippen molar-refractivity contribution in [2.75, 3.05) is 7.11 Å². The second-order valence-corrected chi connectivity index (χ2v) is 4.04. The maximum atomic E-state index is 5.92. The Morgan fingerprint density at radius 1 is 1.79 bits per heavy atom. The molecule has 0 aliphatic carbocycles. The van der Waals surface area contributed by atoms with E-state index in [4.69, 9.17) is 21.1 Å². The second-order valence-electron chi connectivity index (χ2n) is 3.65. The molecule has 0 amide bonds. The number of methoxy groups -OCH3 is 1. The molecule has 0 N–H and O–H groups in total. The number of halogens is 1. The number of hydrogen-bond donors (Lipinski definition) is 0. The predicted octanol–water partition coefficient (Wildman–Crippen LogP) is 3.08. The monoisotopic (exact) mass is 216 g/mol. The van der Waals surface area contributed by atoms with Gasteiger partial charge in [0.25, 0.3) is 0 Å². The summed E-state index contributed by atoms with van der Waals surface area (Å²) in [4.78, 5) is 0. The van der Waals surface area contributed by atoms with E-state index in [0.717, 1.165) is 12.2 Å². The quantitative estimate of drug-likeness (QED) is 0.305. The molecule has 1 saturated heterocycles. The number of alkyl halides is 1. The van der Waals surface area contributed by atoms with Crippen molar-refractivity contribution in [3.05, 3.63) is 24.5 Å². The van der Waals surface area contributed by atoms with Gasteiger partial charge in [0.2, 0.25) is 0 Å². The van der Waals surface area contributed by atoms with Crippen LogP contribution in [0.4, 0.5) is 0 Å². The summed E-state index contributed by atoms with van der Waals surface area (Å²) < 4.78 is 10.5. The Morgan fingerprint density at radius 3 is 2.71 bits per heavy atom. The molecule has 3 heteroatoms. The highest BCUT2D eigenvalue weighted by molar-refractivity contribution is 6.22. The van der Waals surface area contributed by atoms with Crippen LogP contribution < -0.4 is 0 Å². The Hall–Kier alpha value is -0.470. The van der Waals surface area contributed by atoms with Crippen LogP contribution in [0.3, 0.4) is 0 Å². The standard InChI is InChI=1S/C11H17ClO2/c1-5-6-7-9(8(2)13-4)11(3)10(12)14-11/h5-6,9-10H,2,7H2,1,3-4H3. The summed E-state index contributed by atoms with van der Waals surface area (Å²) in [5.74, 6) is 0.861. The van der Waals surface area contributed by atoms with Crippen LogP contribution in [-0.2, 0) is 9.47 Å². The topological polar surface area (TPSA) is 21.8 Å². The molecule has 0 saturated carbocycles. The maximum absolute atomic E-state index is 5.92. The van der Waals surface area contributed by atoms with Gasteiger partial charge in [-0.15, -0.1) is 0 Å². The molecule has 1 rings (SSSR count). The molecule has 80 valence electrons. The van der Waals surface area contributed by atoms with Crippen molar-refractivity contribution < 1.29 is 9.47 Å². The van der Waals surface area contributed by atoms with E-state index in [-0.39, 0.29) is 17.1 Å². The van der Waals surface area contributed by atoms with Crippen molar-refractivity contribution in [2.45, 2.75) is 31.4 Å². The number of epoxide rings is 1. The second kappa shape index (κ2) is 4.37. The first-order valence-corrected chi connectivity index (χ1v) is 5.15. The molecule has 3 unspecified atom stereocenters. The molecule has 1 aliphatic rings. The lowest BCUT2D eigenvalue weighted by Gasteiger charge is -2.20. The predicted molar refractivity (Wildman–Crippen MR) is 58.2 cm³/mol. The first-order valence-electron chi connectivity index (χ1n) is 4.72. The van der Waals surface area contributed by atoms with Crippen LogP contribution in [0, 0.1) is 5.92 Å². The van der Waals surface area contributed by atoms with Gasteiger partial charge in [0.15, 0.2) is 5.56 Å². The van der Waals surface area contributed by atoms with Gasteiger partial charge in [0, 0.05) is 0 Å². The molecular weight excluding hydrogens is 200 g/mol. The molecule has 1 fully saturated rings. The van der Waals surface area contributed by atoms with Gasteiger partial charge in [0.05, 0.1) is 18.8 Å². The van der Waals surface area contributed by atoms with E-state index < -0.39 is 0 Å². The maximum Gasteiger partial charge on any atom is 0.161 e. The van der Waals surface area contributed by atoms with E-state index in [9.17, 15) is 0 Å². The summed E-state index contributed by atoms with van der Waals surface area (Å²) in [6.45, 7) is 7.85. The molecule has 0 aromatic heterocycles. The highest BCUT2D eigenvalue weighted by Crippen LogP contribution is 2.49. The number of allylic oxidation sites excluding steroid dienone is 2. The fourth-order valence-corrected chi connectivity index (χ4v) is 1.87. The van der Waals surface area contributed by atoms with Crippen LogP contribution in [0.25, 0.3) is 0 Å². The van der Waals surface area contributed by atoms with E-state index in [0.29, 0.717) is 0 Å². The average Bonchev–Trinajstić information content (AvgIpc) is 2.75. The van der Waals surface area contributed by atoms with Crippen LogP contribution in [0.5, 0.6) is 0 Å². The zero-order valence-electron chi connectivity index (χ0n) is 8.92. The zero-order valence-corrected chi connectivity index (χ0v) is 9.67. The van der Waals surface area contributed by atoms with E-state index in [1.54, 1.807) is 7.11 Å². The summed E-state index contributed by atoms with van der Waals surface area (Å²) in [5, 5.41) is 0. The highest BCUT2D eigenvalue weighted by Gasteiger charge is 2.57. The average molecular weight is 217 g/mol. The minimum absolute atomic E-state index is 0.131. The Morgan fingerprint density at radius 2 is 2.36 bits per heavy atom. The molecule has 14 heavy (non-hydrogen) atoms. The molecule has 1 heterocycles. The molecule has 3 atom stereocenters. The lowest BCUT2D eigenvalue weighted by molar-refractivity contribution is 0.175. The largest absolute Gasteiger partial charge is 0.501 e. The van der Waals surface area contributed by atoms with Crippen molar-refractivity contribution in [3.8, 4) is 0 Å². The Balaban J connectivity index is 2.67. The van der Waals surface area contributed by atoms with Crippen LogP contribution in [-0.4, -0.2) is 18.3 Å². The zero-order chi connectivity index (χ0) is 10.8. The van der Waals surface area contributed by atoms with Gasteiger partial charge in [-0.05, 0) is 20.3 Å². The molecular formula is C11H17ClO2. The fraction of sp³-hybridized carbons (Fsp3) is 0.636. The van der Waals surface area contributed by atoms with Crippen LogP contribution >= 0.6 is 11.6 Å². The summed E-state index contributed by atoms with van der Waals surface area (Å²) in [7, 11) is 1.62. The minimum Gasteiger partial charge on any atom is -0.501 e. The van der Waals surface area contributed by atoms with E-state index in [2.05, 4.69) is 12.7 Å². The SMILES string of the molecule is C=C(OC)C(CC=CC)C1(C)OC1Cl. The van der Waals surface area contributed by atoms with Gasteiger partial charge in [-0.3, -0.25) is 0 Å². The Labute approximate surface area is 90.5 Å². The summed E-state index contributed by atoms with van der Waals surface area (Å²) >= 11 is 5.92. The number of ether oxygens (including phenoxy) is 2. The Bertz CT molecular complexity index is 250. The lowest BCUT2D eigenvalue weighted by atomic mass is 9.89. The van der Waals surface area contributed by atoms with E-state index >= 15 is 0 Å². The molecule has 0 spiro atoms. The summed E-state index contributed by atoms with van der Waals surface area (Å²) in [5.41, 5.74) is -0.529. The first kappa shape index (κ1) is 11.6. The van der Waals surface area contributed by atoms with Gasteiger partial charge in [-0.25, -0.2) is 0 Å². The van der Waals surface area contributed by atoms with Gasteiger partial charge in [-0.1, -0.05) is 30.3 Å². The molecule has 0 aromatic carbocycles. The minimum atomic E-state index is -0.311. The number of hydrogen-bond acceptors (Lipinski definition) is 2. The highest BCUT2D eigenvalue weighted by atomic mass is 35.5. The van der Waals surface area contributed by atoms with Crippen molar-refractivity contribution in [1.82, 2.24) is 0 Å². The molecule has 0 radical (unpaired) electrons. The molecule has 0 aromatic rings. The van der Waals surface area contributed by atoms with Crippen molar-refractivity contribution in [2.24, 2.45) is 5.92 Å². The molecule has 2 nitrogen and oxygen atoms in total. The molecule has 1 aliphatic heterocycles. The normalized spacial score (nSPS) is 33.0. The first-order chi connectivity index (χ1) is 6.56. The third kappa shape index (κ3) is 2.12. The van der Waals surface area contributed by atoms with Gasteiger partial charge < -0.3 is 9.47 Å². The van der Waals surface area contributed by atoms with E-state index in [1.165, 1.54) is 0 Å². The Kier molecular flexibility index (Phi) is 3.62. The van der Waals surface area contributed by atoms with Crippen molar-refractivity contribution in [3.63, 3.8) is 0 Å². The van der Waals surface area contributed by atoms with E-state index in [1.807, 2.05) is 19.9 Å². The van der Waals surface area contributed by atoms with Crippen LogP contribution in [0.15, 0.2) is 24.5 Å². The fourth-order valence-electron chi connectivity index (χ4n) is 1.53. The summed E-state index contributed by atoms with van der Waals surface area (Å²) in [6, 6.07) is 0. The summed E-state index contributed by atoms with van der Waals surface area (Å²) in [6.07, 6.45) is 4.93. The van der Waals surface area contributed by atoms with Crippen molar-refractivity contribution >= 4 is 11.6 Å². The smallest absolute Gasteiger partial charge is 0.161 e. The van der Waals surface area contributed by atoms with Crippen molar-refractivity contribution in [1.29, 1.82) is 0 Å². The lowest BCUT2D eigenvalue weighted by Crippen LogP contribution is -2.24. The van der Waals surface area contributed by atoms with Crippen LogP contribution in [0.2, 0.25) is 0 Å². The third-order valence-corrected chi connectivity index (χ3v) is 3.22. The number of rotatable bonds is 5. The van der Waals surface area contributed by atoms with Gasteiger partial charge in [0.1, 0.15) is 5.60 Å².